The second-order valence-corrected chi connectivity index (χ2v) is 7.21. The Morgan fingerprint density at radius 3 is 2.72 bits per heavy atom. The lowest BCUT2D eigenvalue weighted by Crippen LogP contribution is -2.77. The van der Waals surface area contributed by atoms with E-state index in [2.05, 4.69) is 11.6 Å². The van der Waals surface area contributed by atoms with Crippen LogP contribution in [0.2, 0.25) is 0 Å². The lowest BCUT2D eigenvalue weighted by atomic mass is 9.45. The number of ether oxygens (including phenoxy) is 3. The summed E-state index contributed by atoms with van der Waals surface area (Å²) in [6.45, 7) is 5.98. The molecule has 0 aromatic carbocycles. The highest BCUT2D eigenvalue weighted by atomic mass is 16.6. The second kappa shape index (κ2) is 5.07. The van der Waals surface area contributed by atoms with E-state index < -0.39 is 17.0 Å². The average molecular weight is 343 g/mol. The summed E-state index contributed by atoms with van der Waals surface area (Å²) < 4.78 is 16.3. The van der Waals surface area contributed by atoms with Crippen molar-refractivity contribution in [3.8, 4) is 5.88 Å². The number of pyridine rings is 1. The number of hydrogen-bond donors (Lipinski definition) is 0. The lowest BCUT2D eigenvalue weighted by Gasteiger charge is -2.64. The number of rotatable bonds is 2. The van der Waals surface area contributed by atoms with E-state index in [9.17, 15) is 9.59 Å². The minimum absolute atomic E-state index is 0.0485. The Balaban J connectivity index is 2.01. The summed E-state index contributed by atoms with van der Waals surface area (Å²) in [7, 11) is 2.93. The van der Waals surface area contributed by atoms with Gasteiger partial charge in [-0.05, 0) is 31.7 Å². The zero-order valence-corrected chi connectivity index (χ0v) is 14.6. The Bertz CT molecular complexity index is 803. The average Bonchev–Trinajstić information content (AvgIpc) is 2.61. The highest BCUT2D eigenvalue weighted by molar-refractivity contribution is 5.93. The topological polar surface area (TPSA) is 74.7 Å². The molecule has 1 saturated carbocycles. The molecule has 0 unspecified atom stereocenters. The molecule has 0 amide bonds. The summed E-state index contributed by atoms with van der Waals surface area (Å²) in [6, 6.07) is 3.59. The summed E-state index contributed by atoms with van der Waals surface area (Å²) in [6.07, 6.45) is 1.71. The number of hydrogen-bond acceptors (Lipinski definition) is 6. The predicted octanol–water partition coefficient (Wildman–Crippen LogP) is 1.95. The number of allylic oxidation sites excluding steroid dienone is 1. The van der Waals surface area contributed by atoms with Crippen LogP contribution in [0.25, 0.3) is 0 Å². The molecule has 0 radical (unpaired) electrons. The maximum atomic E-state index is 13.1. The number of esters is 2. The van der Waals surface area contributed by atoms with Crippen LogP contribution in [0, 0.1) is 11.8 Å². The Kier molecular flexibility index (Phi) is 3.27. The molecule has 6 heteroatoms. The fourth-order valence-electron chi connectivity index (χ4n) is 5.21. The van der Waals surface area contributed by atoms with Gasteiger partial charge >= 0.3 is 11.9 Å². The molecule has 25 heavy (non-hydrogen) atoms. The van der Waals surface area contributed by atoms with Gasteiger partial charge in [-0.25, -0.2) is 4.98 Å². The van der Waals surface area contributed by atoms with Gasteiger partial charge in [-0.1, -0.05) is 18.2 Å². The van der Waals surface area contributed by atoms with Crippen molar-refractivity contribution in [3.63, 3.8) is 0 Å². The summed E-state index contributed by atoms with van der Waals surface area (Å²) >= 11 is 0. The quantitative estimate of drug-likeness (QED) is 0.604. The lowest BCUT2D eigenvalue weighted by molar-refractivity contribution is -0.256. The van der Waals surface area contributed by atoms with Crippen LogP contribution in [0.15, 0.2) is 24.3 Å². The van der Waals surface area contributed by atoms with Gasteiger partial charge in [0.2, 0.25) is 5.88 Å². The third-order valence-electron chi connectivity index (χ3n) is 6.18. The van der Waals surface area contributed by atoms with E-state index in [1.54, 1.807) is 13.2 Å². The van der Waals surface area contributed by atoms with Gasteiger partial charge in [0.15, 0.2) is 0 Å². The molecule has 1 aromatic heterocycles. The van der Waals surface area contributed by atoms with E-state index in [1.165, 1.54) is 7.11 Å². The number of nitrogens with zero attached hydrogens (tertiary/aromatic N) is 1. The molecule has 3 aliphatic rings. The van der Waals surface area contributed by atoms with Crippen LogP contribution in [0.5, 0.6) is 5.88 Å². The third kappa shape index (κ3) is 1.72. The van der Waals surface area contributed by atoms with Crippen molar-refractivity contribution in [1.29, 1.82) is 0 Å². The van der Waals surface area contributed by atoms with Crippen molar-refractivity contribution in [2.75, 3.05) is 14.2 Å². The first-order valence-corrected chi connectivity index (χ1v) is 8.43. The number of aromatic nitrogens is 1. The van der Waals surface area contributed by atoms with Crippen LogP contribution in [0.3, 0.4) is 0 Å². The van der Waals surface area contributed by atoms with Gasteiger partial charge in [0.05, 0.1) is 20.1 Å². The number of carbonyl (C=O) groups excluding carboxylic acids is 2. The molecule has 4 atom stereocenters. The van der Waals surface area contributed by atoms with Gasteiger partial charge < -0.3 is 14.2 Å². The Hall–Kier alpha value is -2.37. The van der Waals surface area contributed by atoms with Crippen LogP contribution < -0.4 is 4.74 Å². The fourth-order valence-corrected chi connectivity index (χ4v) is 5.21. The molecule has 132 valence electrons. The zero-order valence-electron chi connectivity index (χ0n) is 14.6. The second-order valence-electron chi connectivity index (χ2n) is 7.21. The normalized spacial score (nSPS) is 35.5. The van der Waals surface area contributed by atoms with Crippen molar-refractivity contribution >= 4 is 11.9 Å². The van der Waals surface area contributed by atoms with Crippen LogP contribution in [0.1, 0.15) is 31.0 Å². The van der Waals surface area contributed by atoms with Gasteiger partial charge in [-0.15, -0.1) is 0 Å². The maximum absolute atomic E-state index is 13.1. The van der Waals surface area contributed by atoms with Crippen molar-refractivity contribution in [1.82, 2.24) is 4.98 Å². The minimum Gasteiger partial charge on any atom is -0.481 e. The first-order valence-electron chi connectivity index (χ1n) is 8.43. The van der Waals surface area contributed by atoms with E-state index in [1.807, 2.05) is 13.0 Å². The third-order valence-corrected chi connectivity index (χ3v) is 6.18. The SMILES string of the molecule is C=C1C[C@H]2Cc3nc(OC)ccc3[C@@](C(=O)OC)(C1)[C@@]21OC(=O)[C@@H]1C. The van der Waals surface area contributed by atoms with Crippen LogP contribution in [0.4, 0.5) is 0 Å². The van der Waals surface area contributed by atoms with Gasteiger partial charge in [0, 0.05) is 17.7 Å². The van der Waals surface area contributed by atoms with E-state index in [-0.39, 0.29) is 17.8 Å². The highest BCUT2D eigenvalue weighted by Gasteiger charge is 2.76. The molecule has 2 bridgehead atoms. The molecule has 1 spiro atoms. The summed E-state index contributed by atoms with van der Waals surface area (Å²) in [5, 5.41) is 0. The first-order chi connectivity index (χ1) is 11.9. The van der Waals surface area contributed by atoms with Crippen molar-refractivity contribution in [3.05, 3.63) is 35.5 Å². The van der Waals surface area contributed by atoms with E-state index in [0.29, 0.717) is 25.1 Å². The van der Waals surface area contributed by atoms with Crippen LogP contribution in [-0.4, -0.2) is 36.7 Å². The number of carbonyl (C=O) groups is 2. The number of fused-ring (bicyclic) bond motifs is 2. The molecule has 4 rings (SSSR count). The molecule has 1 aromatic rings. The Morgan fingerprint density at radius 1 is 1.36 bits per heavy atom. The Morgan fingerprint density at radius 2 is 2.12 bits per heavy atom. The van der Waals surface area contributed by atoms with Crippen molar-refractivity contribution < 1.29 is 23.8 Å². The fraction of sp³-hybridized carbons (Fsp3) is 0.526. The zero-order chi connectivity index (χ0) is 18.0. The molecule has 2 fully saturated rings. The summed E-state index contributed by atoms with van der Waals surface area (Å²) in [5.74, 6) is -0.584. The van der Waals surface area contributed by atoms with E-state index in [0.717, 1.165) is 16.8 Å². The number of methoxy groups -OCH3 is 2. The van der Waals surface area contributed by atoms with E-state index in [4.69, 9.17) is 14.2 Å². The van der Waals surface area contributed by atoms with E-state index >= 15 is 0 Å². The first kappa shape index (κ1) is 16.1. The molecule has 1 aliphatic heterocycles. The highest BCUT2D eigenvalue weighted by Crippen LogP contribution is 2.64. The molecular formula is C19H21NO5. The van der Waals surface area contributed by atoms with Crippen molar-refractivity contribution in [2.24, 2.45) is 11.8 Å². The van der Waals surface area contributed by atoms with Gasteiger partial charge in [0.1, 0.15) is 11.0 Å². The van der Waals surface area contributed by atoms with Crippen molar-refractivity contribution in [2.45, 2.75) is 37.2 Å². The maximum Gasteiger partial charge on any atom is 0.320 e. The summed E-state index contributed by atoms with van der Waals surface area (Å²) in [5.41, 5.74) is 0.557. The van der Waals surface area contributed by atoms with Gasteiger partial charge in [-0.3, -0.25) is 9.59 Å². The van der Waals surface area contributed by atoms with Crippen LogP contribution in [-0.2, 0) is 30.9 Å². The van der Waals surface area contributed by atoms with Gasteiger partial charge in [-0.2, -0.15) is 0 Å². The van der Waals surface area contributed by atoms with Gasteiger partial charge in [0.25, 0.3) is 0 Å². The van der Waals surface area contributed by atoms with Crippen LogP contribution >= 0.6 is 0 Å². The molecule has 1 saturated heterocycles. The molecule has 0 N–H and O–H groups in total. The smallest absolute Gasteiger partial charge is 0.320 e. The monoisotopic (exact) mass is 343 g/mol. The largest absolute Gasteiger partial charge is 0.481 e. The summed E-state index contributed by atoms with van der Waals surface area (Å²) in [4.78, 5) is 29.7. The standard InChI is InChI=1S/C19H21NO5/c1-10-7-12-8-14-13(5-6-15(20-14)23-3)18(9-10,17(22)24-4)19(12)11(2)16(21)25-19/h5-6,11-12H,1,7-9H2,2-4H3/t11-,12-,18+,19-/m0/s1. The predicted molar refractivity (Wildman–Crippen MR) is 88.0 cm³/mol. The molecular weight excluding hydrogens is 322 g/mol. The molecule has 6 nitrogen and oxygen atoms in total. The molecule has 2 heterocycles. The Labute approximate surface area is 146 Å². The minimum atomic E-state index is -1.10. The molecule has 2 aliphatic carbocycles.